The summed E-state index contributed by atoms with van der Waals surface area (Å²) in [6.07, 6.45) is 2.60. The molecule has 1 aromatic carbocycles. The van der Waals surface area contributed by atoms with Gasteiger partial charge in [0.2, 0.25) is 5.91 Å². The molecule has 0 aliphatic carbocycles. The monoisotopic (exact) mass is 271 g/mol. The van der Waals surface area contributed by atoms with Crippen LogP contribution in [0.3, 0.4) is 0 Å². The molecular weight excluding hydrogens is 250 g/mol. The van der Waals surface area contributed by atoms with Crippen LogP contribution >= 0.6 is 0 Å². The molecule has 2 N–H and O–H groups in total. The molecule has 0 bridgehead atoms. The first kappa shape index (κ1) is 14.5. The summed E-state index contributed by atoms with van der Waals surface area (Å²) in [5, 5.41) is 7.12. The molecule has 0 saturated carbocycles. The molecule has 4 nitrogen and oxygen atoms in total. The highest BCUT2D eigenvalue weighted by Gasteiger charge is 2.11. The lowest BCUT2D eigenvalue weighted by molar-refractivity contribution is -0.124. The summed E-state index contributed by atoms with van der Waals surface area (Å²) in [6.45, 7) is 3.26. The van der Waals surface area contributed by atoms with E-state index in [1.165, 1.54) is 5.56 Å². The van der Waals surface area contributed by atoms with Gasteiger partial charge in [0.15, 0.2) is 0 Å². The number of hydrogen-bond donors (Lipinski definition) is 2. The Morgan fingerprint density at radius 1 is 1.30 bits per heavy atom. The molecule has 0 aliphatic rings. The molecule has 0 saturated heterocycles. The van der Waals surface area contributed by atoms with Crippen LogP contribution in [0.5, 0.6) is 0 Å². The van der Waals surface area contributed by atoms with Crippen molar-refractivity contribution in [3.63, 3.8) is 0 Å². The number of nitrogens with one attached hydrogen (secondary N) is 2. The van der Waals surface area contributed by atoms with Crippen molar-refractivity contribution >= 4 is 16.8 Å². The minimum atomic E-state index is -0.00866. The van der Waals surface area contributed by atoms with Gasteiger partial charge in [0.05, 0.1) is 5.52 Å². The number of carbonyl (C=O) groups excluding carboxylic acids is 1. The predicted octanol–water partition coefficient (Wildman–Crippen LogP) is 1.75. The van der Waals surface area contributed by atoms with E-state index in [4.69, 9.17) is 0 Å². The summed E-state index contributed by atoms with van der Waals surface area (Å²) in [7, 11) is 1.85. The van der Waals surface area contributed by atoms with Crippen LogP contribution in [0.25, 0.3) is 10.9 Å². The highest BCUT2D eigenvalue weighted by molar-refractivity contribution is 5.82. The van der Waals surface area contributed by atoms with Crippen LogP contribution in [0, 0.1) is 5.92 Å². The molecule has 106 valence electrons. The Kier molecular flexibility index (Phi) is 5.07. The van der Waals surface area contributed by atoms with Gasteiger partial charge >= 0.3 is 0 Å². The van der Waals surface area contributed by atoms with Crippen LogP contribution in [-0.2, 0) is 11.2 Å². The SMILES string of the molecule is CNCC(C)C(=O)NCCc1cccc2cccnc12. The van der Waals surface area contributed by atoms with Crippen molar-refractivity contribution in [3.8, 4) is 0 Å². The van der Waals surface area contributed by atoms with E-state index in [0.29, 0.717) is 13.1 Å². The first-order valence-electron chi connectivity index (χ1n) is 6.97. The molecule has 1 unspecified atom stereocenters. The maximum Gasteiger partial charge on any atom is 0.224 e. The normalized spacial score (nSPS) is 12.3. The number of para-hydroxylation sites is 1. The fourth-order valence-electron chi connectivity index (χ4n) is 2.26. The lowest BCUT2D eigenvalue weighted by atomic mass is 10.1. The van der Waals surface area contributed by atoms with E-state index in [-0.39, 0.29) is 11.8 Å². The van der Waals surface area contributed by atoms with E-state index in [2.05, 4.69) is 33.8 Å². The van der Waals surface area contributed by atoms with Gasteiger partial charge in [-0.15, -0.1) is 0 Å². The third kappa shape index (κ3) is 3.54. The van der Waals surface area contributed by atoms with Crippen molar-refractivity contribution in [3.05, 3.63) is 42.1 Å². The van der Waals surface area contributed by atoms with Crippen molar-refractivity contribution in [2.45, 2.75) is 13.3 Å². The average Bonchev–Trinajstić information content (AvgIpc) is 2.47. The molecule has 1 heterocycles. The quantitative estimate of drug-likeness (QED) is 0.841. The van der Waals surface area contributed by atoms with Crippen LogP contribution < -0.4 is 10.6 Å². The number of hydrogen-bond acceptors (Lipinski definition) is 3. The van der Waals surface area contributed by atoms with Gasteiger partial charge in [-0.2, -0.15) is 0 Å². The van der Waals surface area contributed by atoms with Crippen LogP contribution in [0.4, 0.5) is 0 Å². The van der Waals surface area contributed by atoms with Gasteiger partial charge in [0.1, 0.15) is 0 Å². The molecule has 2 rings (SSSR count). The summed E-state index contributed by atoms with van der Waals surface area (Å²) in [5.41, 5.74) is 2.19. The highest BCUT2D eigenvalue weighted by Crippen LogP contribution is 2.15. The predicted molar refractivity (Wildman–Crippen MR) is 81.5 cm³/mol. The Labute approximate surface area is 119 Å². The largest absolute Gasteiger partial charge is 0.355 e. The Morgan fingerprint density at radius 2 is 2.10 bits per heavy atom. The molecule has 1 atom stereocenters. The number of rotatable bonds is 6. The molecular formula is C16H21N3O. The van der Waals surface area contributed by atoms with Crippen molar-refractivity contribution in [2.24, 2.45) is 5.92 Å². The van der Waals surface area contributed by atoms with E-state index in [0.717, 1.165) is 17.3 Å². The summed E-state index contributed by atoms with van der Waals surface area (Å²) in [6, 6.07) is 10.1. The fraction of sp³-hybridized carbons (Fsp3) is 0.375. The van der Waals surface area contributed by atoms with Crippen molar-refractivity contribution in [1.29, 1.82) is 0 Å². The van der Waals surface area contributed by atoms with Gasteiger partial charge in [-0.05, 0) is 25.1 Å². The second-order valence-corrected chi connectivity index (χ2v) is 4.99. The zero-order chi connectivity index (χ0) is 14.4. The van der Waals surface area contributed by atoms with Crippen LogP contribution in [-0.4, -0.2) is 31.0 Å². The Bertz CT molecular complexity index is 577. The van der Waals surface area contributed by atoms with E-state index in [1.807, 2.05) is 26.1 Å². The zero-order valence-corrected chi connectivity index (χ0v) is 12.0. The van der Waals surface area contributed by atoms with Gasteiger partial charge in [-0.1, -0.05) is 31.2 Å². The Hall–Kier alpha value is -1.94. The third-order valence-corrected chi connectivity index (χ3v) is 3.37. The summed E-state index contributed by atoms with van der Waals surface area (Å²) in [4.78, 5) is 16.2. The maximum atomic E-state index is 11.8. The molecule has 4 heteroatoms. The molecule has 2 aromatic rings. The van der Waals surface area contributed by atoms with E-state index in [1.54, 1.807) is 6.20 Å². The topological polar surface area (TPSA) is 54.0 Å². The third-order valence-electron chi connectivity index (χ3n) is 3.37. The summed E-state index contributed by atoms with van der Waals surface area (Å²) in [5.74, 6) is 0.0817. The van der Waals surface area contributed by atoms with Gasteiger partial charge in [-0.3, -0.25) is 9.78 Å². The molecule has 0 aliphatic heterocycles. The lowest BCUT2D eigenvalue weighted by Gasteiger charge is -2.12. The molecule has 20 heavy (non-hydrogen) atoms. The minimum absolute atomic E-state index is 0.00866. The first-order valence-corrected chi connectivity index (χ1v) is 6.97. The fourth-order valence-corrected chi connectivity index (χ4v) is 2.26. The number of benzene rings is 1. The van der Waals surface area contributed by atoms with Crippen LogP contribution in [0.15, 0.2) is 36.5 Å². The molecule has 0 fully saturated rings. The van der Waals surface area contributed by atoms with Crippen molar-refractivity contribution in [2.75, 3.05) is 20.1 Å². The number of nitrogens with zero attached hydrogens (tertiary/aromatic N) is 1. The van der Waals surface area contributed by atoms with Crippen molar-refractivity contribution < 1.29 is 4.79 Å². The number of amides is 1. The zero-order valence-electron chi connectivity index (χ0n) is 12.0. The first-order chi connectivity index (χ1) is 9.72. The Balaban J connectivity index is 1.95. The molecule has 0 spiro atoms. The lowest BCUT2D eigenvalue weighted by Crippen LogP contribution is -2.35. The smallest absolute Gasteiger partial charge is 0.224 e. The number of fused-ring (bicyclic) bond motifs is 1. The second-order valence-electron chi connectivity index (χ2n) is 4.99. The van der Waals surface area contributed by atoms with Crippen LogP contribution in [0.2, 0.25) is 0 Å². The van der Waals surface area contributed by atoms with Gasteiger partial charge in [-0.25, -0.2) is 0 Å². The highest BCUT2D eigenvalue weighted by atomic mass is 16.1. The van der Waals surface area contributed by atoms with Gasteiger partial charge in [0, 0.05) is 30.6 Å². The number of pyridine rings is 1. The van der Waals surface area contributed by atoms with E-state index in [9.17, 15) is 4.79 Å². The number of carbonyl (C=O) groups is 1. The summed E-state index contributed by atoms with van der Waals surface area (Å²) < 4.78 is 0. The average molecular weight is 271 g/mol. The molecule has 1 amide bonds. The second kappa shape index (κ2) is 7.01. The van der Waals surface area contributed by atoms with E-state index < -0.39 is 0 Å². The molecule has 0 radical (unpaired) electrons. The standard InChI is InChI=1S/C16H21N3O/c1-12(11-17-2)16(20)19-10-8-14-6-3-5-13-7-4-9-18-15(13)14/h3-7,9,12,17H,8,10-11H2,1-2H3,(H,19,20). The van der Waals surface area contributed by atoms with Gasteiger partial charge in [0.25, 0.3) is 0 Å². The van der Waals surface area contributed by atoms with Crippen LogP contribution in [0.1, 0.15) is 12.5 Å². The van der Waals surface area contributed by atoms with Crippen molar-refractivity contribution in [1.82, 2.24) is 15.6 Å². The maximum absolute atomic E-state index is 11.8. The van der Waals surface area contributed by atoms with E-state index >= 15 is 0 Å². The molecule has 1 aromatic heterocycles. The summed E-state index contributed by atoms with van der Waals surface area (Å²) >= 11 is 0. The number of aromatic nitrogens is 1. The van der Waals surface area contributed by atoms with Gasteiger partial charge < -0.3 is 10.6 Å². The Morgan fingerprint density at radius 3 is 2.90 bits per heavy atom. The minimum Gasteiger partial charge on any atom is -0.355 e.